The molecule has 0 spiro atoms. The van der Waals surface area contributed by atoms with Crippen LogP contribution in [0.2, 0.25) is 0 Å². The van der Waals surface area contributed by atoms with Gasteiger partial charge in [-0.25, -0.2) is 0 Å². The molecule has 2 atom stereocenters. The number of carbonyl (C=O) groups is 1. The Morgan fingerprint density at radius 1 is 1.35 bits per heavy atom. The Morgan fingerprint density at radius 3 is 2.60 bits per heavy atom. The second kappa shape index (κ2) is 8.60. The molecule has 118 valence electrons. The number of rotatable bonds is 9. The van der Waals surface area contributed by atoms with E-state index in [2.05, 4.69) is 32.6 Å². The van der Waals surface area contributed by atoms with Gasteiger partial charge in [0.15, 0.2) is 0 Å². The van der Waals surface area contributed by atoms with Crippen molar-refractivity contribution in [3.8, 4) is 0 Å². The zero-order valence-corrected chi connectivity index (χ0v) is 13.2. The molecule has 0 radical (unpaired) electrons. The van der Waals surface area contributed by atoms with Crippen LogP contribution in [-0.4, -0.2) is 60.5 Å². The number of nitrogens with zero attached hydrogens (tertiary/aromatic N) is 1. The molecule has 1 aliphatic rings. The van der Waals surface area contributed by atoms with Crippen LogP contribution in [-0.2, 0) is 14.3 Å². The number of hydrogen-bond donors (Lipinski definition) is 1. The summed E-state index contributed by atoms with van der Waals surface area (Å²) in [4.78, 5) is 12.9. The van der Waals surface area contributed by atoms with Gasteiger partial charge in [-0.05, 0) is 26.2 Å². The van der Waals surface area contributed by atoms with Gasteiger partial charge in [-0.15, -0.1) is 0 Å². The van der Waals surface area contributed by atoms with Gasteiger partial charge in [-0.2, -0.15) is 0 Å². The summed E-state index contributed by atoms with van der Waals surface area (Å²) in [6.45, 7) is 11.3. The van der Waals surface area contributed by atoms with Crippen LogP contribution in [0, 0.1) is 5.92 Å². The van der Waals surface area contributed by atoms with Gasteiger partial charge in [0.2, 0.25) is 0 Å². The average Bonchev–Trinajstić information content (AvgIpc) is 2.75. The van der Waals surface area contributed by atoms with Crippen molar-refractivity contribution < 1.29 is 19.4 Å². The number of hydrogen-bond acceptors (Lipinski definition) is 4. The van der Waals surface area contributed by atoms with E-state index in [0.29, 0.717) is 24.6 Å². The molecule has 1 fully saturated rings. The maximum absolute atomic E-state index is 10.5. The minimum Gasteiger partial charge on any atom is -0.481 e. The number of carboxylic acid groups (broad SMARTS) is 1. The maximum atomic E-state index is 10.5. The van der Waals surface area contributed by atoms with Crippen LogP contribution in [0.1, 0.15) is 40.5 Å². The molecule has 0 aliphatic carbocycles. The van der Waals surface area contributed by atoms with Gasteiger partial charge < -0.3 is 14.6 Å². The lowest BCUT2D eigenvalue weighted by molar-refractivity contribution is -0.138. The summed E-state index contributed by atoms with van der Waals surface area (Å²) >= 11 is 0. The van der Waals surface area contributed by atoms with Gasteiger partial charge in [0.05, 0.1) is 25.7 Å². The zero-order valence-electron chi connectivity index (χ0n) is 13.2. The molecule has 0 aromatic heterocycles. The molecule has 5 nitrogen and oxygen atoms in total. The topological polar surface area (TPSA) is 59.0 Å². The predicted molar refractivity (Wildman–Crippen MR) is 77.9 cm³/mol. The standard InChI is InChI=1S/C15H29NO4/c1-11(2)9-20-14-7-13(16(8-14)12(3)4)10-19-6-5-15(17)18/h11-14H,5-10H2,1-4H3,(H,17,18)/t13-,14+/m0/s1. The molecule has 1 heterocycles. The first-order chi connectivity index (χ1) is 9.40. The zero-order chi connectivity index (χ0) is 15.1. The minimum absolute atomic E-state index is 0.0711. The lowest BCUT2D eigenvalue weighted by atomic mass is 10.2. The molecule has 0 aromatic carbocycles. The first-order valence-electron chi connectivity index (χ1n) is 7.57. The fourth-order valence-corrected chi connectivity index (χ4v) is 2.52. The summed E-state index contributed by atoms with van der Waals surface area (Å²) < 4.78 is 11.4. The van der Waals surface area contributed by atoms with Crippen LogP contribution in [0.5, 0.6) is 0 Å². The molecule has 0 unspecified atom stereocenters. The third kappa shape index (κ3) is 6.20. The molecule has 0 saturated carbocycles. The number of ether oxygens (including phenoxy) is 2. The van der Waals surface area contributed by atoms with Crippen molar-refractivity contribution in [3.63, 3.8) is 0 Å². The molecule has 1 rings (SSSR count). The van der Waals surface area contributed by atoms with Crippen molar-refractivity contribution in [2.75, 3.05) is 26.4 Å². The van der Waals surface area contributed by atoms with Crippen molar-refractivity contribution in [2.45, 2.75) is 58.7 Å². The highest BCUT2D eigenvalue weighted by atomic mass is 16.5. The Kier molecular flexibility index (Phi) is 7.48. The highest BCUT2D eigenvalue weighted by Gasteiger charge is 2.34. The second-order valence-corrected chi connectivity index (χ2v) is 6.25. The van der Waals surface area contributed by atoms with E-state index < -0.39 is 5.97 Å². The van der Waals surface area contributed by atoms with Crippen LogP contribution in [0.4, 0.5) is 0 Å². The van der Waals surface area contributed by atoms with Gasteiger partial charge in [0.25, 0.3) is 0 Å². The van der Waals surface area contributed by atoms with Gasteiger partial charge >= 0.3 is 5.97 Å². The van der Waals surface area contributed by atoms with Crippen molar-refractivity contribution in [2.24, 2.45) is 5.92 Å². The van der Waals surface area contributed by atoms with Crippen molar-refractivity contribution >= 4 is 5.97 Å². The van der Waals surface area contributed by atoms with Crippen LogP contribution in [0.15, 0.2) is 0 Å². The molecular weight excluding hydrogens is 258 g/mol. The van der Waals surface area contributed by atoms with E-state index in [4.69, 9.17) is 14.6 Å². The normalized spacial score (nSPS) is 23.9. The second-order valence-electron chi connectivity index (χ2n) is 6.25. The Morgan fingerprint density at radius 2 is 2.05 bits per heavy atom. The summed E-state index contributed by atoms with van der Waals surface area (Å²) in [5, 5.41) is 8.60. The summed E-state index contributed by atoms with van der Waals surface area (Å²) in [6, 6.07) is 0.789. The van der Waals surface area contributed by atoms with E-state index in [-0.39, 0.29) is 19.1 Å². The highest BCUT2D eigenvalue weighted by molar-refractivity contribution is 5.66. The van der Waals surface area contributed by atoms with Crippen molar-refractivity contribution in [1.29, 1.82) is 0 Å². The van der Waals surface area contributed by atoms with Crippen LogP contribution >= 0.6 is 0 Å². The van der Waals surface area contributed by atoms with Gasteiger partial charge in [-0.1, -0.05) is 13.8 Å². The molecule has 1 N–H and O–H groups in total. The van der Waals surface area contributed by atoms with Crippen LogP contribution in [0.25, 0.3) is 0 Å². The average molecular weight is 287 g/mol. The van der Waals surface area contributed by atoms with E-state index in [1.54, 1.807) is 0 Å². The number of likely N-dealkylation sites (tertiary alicyclic amines) is 1. The molecule has 1 saturated heterocycles. The van der Waals surface area contributed by atoms with E-state index in [9.17, 15) is 4.79 Å². The van der Waals surface area contributed by atoms with Gasteiger partial charge in [0.1, 0.15) is 0 Å². The Hall–Kier alpha value is -0.650. The summed E-state index contributed by atoms with van der Waals surface area (Å²) in [5.74, 6) is -0.261. The predicted octanol–water partition coefficient (Wildman–Crippen LogP) is 2.00. The highest BCUT2D eigenvalue weighted by Crippen LogP contribution is 2.23. The minimum atomic E-state index is -0.810. The molecular formula is C15H29NO4. The summed E-state index contributed by atoms with van der Waals surface area (Å²) in [7, 11) is 0. The Balaban J connectivity index is 2.36. The fraction of sp³-hybridized carbons (Fsp3) is 0.933. The first kappa shape index (κ1) is 17.4. The maximum Gasteiger partial charge on any atom is 0.305 e. The van der Waals surface area contributed by atoms with Gasteiger partial charge in [0, 0.05) is 25.2 Å². The van der Waals surface area contributed by atoms with Gasteiger partial charge in [-0.3, -0.25) is 9.69 Å². The summed E-state index contributed by atoms with van der Waals surface area (Å²) in [5.41, 5.74) is 0. The van der Waals surface area contributed by atoms with Crippen LogP contribution in [0.3, 0.4) is 0 Å². The lowest BCUT2D eigenvalue weighted by Crippen LogP contribution is -2.38. The van der Waals surface area contributed by atoms with E-state index in [1.807, 2.05) is 0 Å². The van der Waals surface area contributed by atoms with E-state index in [0.717, 1.165) is 19.6 Å². The first-order valence-corrected chi connectivity index (χ1v) is 7.57. The molecule has 20 heavy (non-hydrogen) atoms. The quantitative estimate of drug-likeness (QED) is 0.657. The number of carboxylic acids is 1. The molecule has 0 bridgehead atoms. The SMILES string of the molecule is CC(C)CO[C@@H]1C[C@@H](COCCC(=O)O)N(C(C)C)C1. The van der Waals surface area contributed by atoms with E-state index in [1.165, 1.54) is 0 Å². The Bertz CT molecular complexity index is 294. The molecule has 1 aliphatic heterocycles. The lowest BCUT2D eigenvalue weighted by Gasteiger charge is -2.27. The smallest absolute Gasteiger partial charge is 0.305 e. The van der Waals surface area contributed by atoms with Crippen LogP contribution < -0.4 is 0 Å². The third-order valence-electron chi connectivity index (χ3n) is 3.52. The van der Waals surface area contributed by atoms with E-state index >= 15 is 0 Å². The molecule has 0 aromatic rings. The third-order valence-corrected chi connectivity index (χ3v) is 3.52. The van der Waals surface area contributed by atoms with Crippen molar-refractivity contribution in [1.82, 2.24) is 4.90 Å². The number of aliphatic carboxylic acids is 1. The Labute approximate surface area is 122 Å². The summed E-state index contributed by atoms with van der Waals surface area (Å²) in [6.07, 6.45) is 1.31. The van der Waals surface area contributed by atoms with Crippen molar-refractivity contribution in [3.05, 3.63) is 0 Å². The molecule has 0 amide bonds. The largest absolute Gasteiger partial charge is 0.481 e. The monoisotopic (exact) mass is 287 g/mol. The molecule has 5 heteroatoms. The fourth-order valence-electron chi connectivity index (χ4n) is 2.52.